The van der Waals surface area contributed by atoms with E-state index in [1.54, 1.807) is 0 Å². The molecule has 3 aliphatic rings. The predicted molar refractivity (Wildman–Crippen MR) is 76.3 cm³/mol. The maximum Gasteiger partial charge on any atom is 0.0853 e. The Hall–Kier alpha value is -0.120. The van der Waals surface area contributed by atoms with E-state index in [1.807, 2.05) is 0 Å². The van der Waals surface area contributed by atoms with E-state index < -0.39 is 0 Å². The molecule has 2 heterocycles. The lowest BCUT2D eigenvalue weighted by Gasteiger charge is -2.46. The van der Waals surface area contributed by atoms with Crippen LogP contribution in [0.15, 0.2) is 0 Å². The topological polar surface area (TPSA) is 21.7 Å². The Bertz CT molecular complexity index is 283. The van der Waals surface area contributed by atoms with Crippen LogP contribution in [0, 0.1) is 11.8 Å². The van der Waals surface area contributed by atoms with Crippen LogP contribution < -0.4 is 0 Å². The van der Waals surface area contributed by atoms with Crippen molar-refractivity contribution in [3.05, 3.63) is 0 Å². The van der Waals surface area contributed by atoms with Gasteiger partial charge in [0.1, 0.15) is 0 Å². The maximum absolute atomic E-state index is 6.13. The second-order valence-electron chi connectivity index (χ2n) is 6.90. The van der Waals surface area contributed by atoms with Crippen LogP contribution in [0.5, 0.6) is 0 Å². The molecule has 19 heavy (non-hydrogen) atoms. The fourth-order valence-electron chi connectivity index (χ4n) is 4.12. The Morgan fingerprint density at radius 1 is 1.11 bits per heavy atom. The lowest BCUT2D eigenvalue weighted by Crippen LogP contribution is -2.55. The van der Waals surface area contributed by atoms with Gasteiger partial charge in [-0.15, -0.1) is 0 Å². The maximum atomic E-state index is 6.13. The number of hydrogen-bond acceptors (Lipinski definition) is 3. The fraction of sp³-hybridized carbons (Fsp3) is 1.00. The molecule has 3 heteroatoms. The third-order valence-corrected chi connectivity index (χ3v) is 5.51. The van der Waals surface area contributed by atoms with Crippen molar-refractivity contribution in [2.24, 2.45) is 11.8 Å². The number of ether oxygens (including phenoxy) is 2. The van der Waals surface area contributed by atoms with Crippen LogP contribution in [-0.4, -0.2) is 50.0 Å². The molecule has 0 aromatic heterocycles. The van der Waals surface area contributed by atoms with Gasteiger partial charge in [-0.05, 0) is 18.3 Å². The Morgan fingerprint density at radius 3 is 2.68 bits per heavy atom. The summed E-state index contributed by atoms with van der Waals surface area (Å²) in [5.74, 6) is 1.84. The van der Waals surface area contributed by atoms with Gasteiger partial charge in [0.2, 0.25) is 0 Å². The standard InChI is InChI=1S/C16H29NO2/c1-14-4-2-3-5-15(14)12-17-8-11-19-16(13-17)6-9-18-10-7-16/h14-15H,2-13H2,1H3/t14-,15-/m0/s1. The van der Waals surface area contributed by atoms with E-state index in [0.29, 0.717) is 0 Å². The number of morpholine rings is 1. The average molecular weight is 267 g/mol. The molecule has 0 amide bonds. The molecule has 0 aromatic carbocycles. The number of hydrogen-bond donors (Lipinski definition) is 0. The highest BCUT2D eigenvalue weighted by atomic mass is 16.5. The summed E-state index contributed by atoms with van der Waals surface area (Å²) in [6.45, 7) is 8.70. The minimum atomic E-state index is 0.119. The SMILES string of the molecule is C[C@H]1CCCC[C@H]1CN1CCOC2(CCOCC2)C1. The molecule has 2 aliphatic heterocycles. The van der Waals surface area contributed by atoms with E-state index in [-0.39, 0.29) is 5.60 Å². The number of rotatable bonds is 2. The molecular weight excluding hydrogens is 238 g/mol. The molecule has 0 unspecified atom stereocenters. The quantitative estimate of drug-likeness (QED) is 0.768. The Kier molecular flexibility index (Phi) is 4.45. The van der Waals surface area contributed by atoms with Gasteiger partial charge < -0.3 is 9.47 Å². The van der Waals surface area contributed by atoms with E-state index in [4.69, 9.17) is 9.47 Å². The van der Waals surface area contributed by atoms with Gasteiger partial charge in [-0.25, -0.2) is 0 Å². The zero-order valence-corrected chi connectivity index (χ0v) is 12.4. The van der Waals surface area contributed by atoms with Gasteiger partial charge >= 0.3 is 0 Å². The molecule has 3 fully saturated rings. The zero-order valence-electron chi connectivity index (χ0n) is 12.4. The second kappa shape index (κ2) is 6.11. The van der Waals surface area contributed by atoms with Gasteiger partial charge in [-0.1, -0.05) is 26.2 Å². The lowest BCUT2D eigenvalue weighted by molar-refractivity contribution is -0.156. The average Bonchev–Trinajstić information content (AvgIpc) is 2.42. The number of nitrogens with zero attached hydrogens (tertiary/aromatic N) is 1. The van der Waals surface area contributed by atoms with E-state index in [0.717, 1.165) is 57.6 Å². The fourth-order valence-corrected chi connectivity index (χ4v) is 4.12. The highest BCUT2D eigenvalue weighted by Crippen LogP contribution is 2.33. The molecule has 0 aromatic rings. The smallest absolute Gasteiger partial charge is 0.0853 e. The van der Waals surface area contributed by atoms with Crippen LogP contribution >= 0.6 is 0 Å². The minimum absolute atomic E-state index is 0.119. The summed E-state index contributed by atoms with van der Waals surface area (Å²) in [6.07, 6.45) is 7.94. The van der Waals surface area contributed by atoms with Crippen LogP contribution in [0.4, 0.5) is 0 Å². The summed E-state index contributed by atoms with van der Waals surface area (Å²) in [4.78, 5) is 2.68. The van der Waals surface area contributed by atoms with Crippen molar-refractivity contribution in [1.82, 2.24) is 4.90 Å². The molecule has 0 bridgehead atoms. The summed E-state index contributed by atoms with van der Waals surface area (Å²) in [5.41, 5.74) is 0.119. The third-order valence-electron chi connectivity index (χ3n) is 5.51. The first kappa shape index (κ1) is 13.8. The van der Waals surface area contributed by atoms with Crippen LogP contribution in [0.1, 0.15) is 45.4 Å². The van der Waals surface area contributed by atoms with Crippen molar-refractivity contribution in [2.45, 2.75) is 51.0 Å². The third kappa shape index (κ3) is 3.32. The van der Waals surface area contributed by atoms with Crippen LogP contribution in [-0.2, 0) is 9.47 Å². The van der Waals surface area contributed by atoms with Crippen molar-refractivity contribution in [1.29, 1.82) is 0 Å². The van der Waals surface area contributed by atoms with Crippen molar-refractivity contribution in [3.8, 4) is 0 Å². The molecule has 2 atom stereocenters. The Balaban J connectivity index is 1.55. The van der Waals surface area contributed by atoms with Gasteiger partial charge in [-0.3, -0.25) is 4.90 Å². The molecule has 110 valence electrons. The van der Waals surface area contributed by atoms with E-state index in [2.05, 4.69) is 11.8 Å². The summed E-state index contributed by atoms with van der Waals surface area (Å²) in [5, 5.41) is 0. The van der Waals surface area contributed by atoms with Crippen molar-refractivity contribution in [3.63, 3.8) is 0 Å². The highest BCUT2D eigenvalue weighted by Gasteiger charge is 2.39. The normalized spacial score (nSPS) is 36.5. The van der Waals surface area contributed by atoms with E-state index in [1.165, 1.54) is 32.2 Å². The monoisotopic (exact) mass is 267 g/mol. The van der Waals surface area contributed by atoms with Crippen molar-refractivity contribution >= 4 is 0 Å². The van der Waals surface area contributed by atoms with Gasteiger partial charge in [-0.2, -0.15) is 0 Å². The minimum Gasteiger partial charge on any atom is -0.381 e. The molecule has 1 spiro atoms. The van der Waals surface area contributed by atoms with Gasteiger partial charge in [0.25, 0.3) is 0 Å². The van der Waals surface area contributed by atoms with Gasteiger partial charge in [0.05, 0.1) is 12.2 Å². The Morgan fingerprint density at radius 2 is 1.89 bits per heavy atom. The first-order valence-corrected chi connectivity index (χ1v) is 8.21. The molecule has 3 rings (SSSR count). The Labute approximate surface area is 117 Å². The second-order valence-corrected chi connectivity index (χ2v) is 6.90. The largest absolute Gasteiger partial charge is 0.381 e. The predicted octanol–water partition coefficient (Wildman–Crippen LogP) is 2.69. The summed E-state index contributed by atoms with van der Waals surface area (Å²) >= 11 is 0. The zero-order chi connectivity index (χ0) is 13.1. The summed E-state index contributed by atoms with van der Waals surface area (Å²) in [7, 11) is 0. The molecule has 3 nitrogen and oxygen atoms in total. The van der Waals surface area contributed by atoms with Gasteiger partial charge in [0.15, 0.2) is 0 Å². The first-order valence-electron chi connectivity index (χ1n) is 8.21. The van der Waals surface area contributed by atoms with Crippen molar-refractivity contribution < 1.29 is 9.47 Å². The highest BCUT2D eigenvalue weighted by molar-refractivity contribution is 4.90. The van der Waals surface area contributed by atoms with Gasteiger partial charge in [0, 0.05) is 45.7 Å². The van der Waals surface area contributed by atoms with Crippen LogP contribution in [0.2, 0.25) is 0 Å². The molecule has 1 saturated carbocycles. The molecular formula is C16H29NO2. The van der Waals surface area contributed by atoms with Crippen LogP contribution in [0.25, 0.3) is 0 Å². The summed E-state index contributed by atoms with van der Waals surface area (Å²) < 4.78 is 11.6. The van der Waals surface area contributed by atoms with Crippen LogP contribution in [0.3, 0.4) is 0 Å². The van der Waals surface area contributed by atoms with Crippen molar-refractivity contribution in [2.75, 3.05) is 39.5 Å². The first-order chi connectivity index (χ1) is 9.27. The lowest BCUT2D eigenvalue weighted by atomic mass is 9.80. The molecule has 0 N–H and O–H groups in total. The molecule has 2 saturated heterocycles. The molecule has 1 aliphatic carbocycles. The summed E-state index contributed by atoms with van der Waals surface area (Å²) in [6, 6.07) is 0. The van der Waals surface area contributed by atoms with E-state index in [9.17, 15) is 0 Å². The molecule has 0 radical (unpaired) electrons. The van der Waals surface area contributed by atoms with E-state index >= 15 is 0 Å².